The molecule has 17 nitrogen and oxygen atoms in total. The molecule has 2 atom stereocenters. The number of nitrogens with two attached hydrogens (primary N) is 2. The van der Waals surface area contributed by atoms with E-state index in [0.717, 1.165) is 54.9 Å². The van der Waals surface area contributed by atoms with E-state index < -0.39 is 64.4 Å². The SMILES string of the molecule is CC1(C)[C@H](CC(=O)/C(=N\O[C@@H](COc2ccc(-c3ccc(CCCN)[n+](CC4CNC4)c3)cc2)C(=O)O)c2csc(N)n2)C(=O)N1OS(=O)(=O)O. The molecule has 4 heterocycles. The fourth-order valence-corrected chi connectivity index (χ4v) is 6.65. The van der Waals surface area contributed by atoms with Crippen molar-refractivity contribution >= 4 is 50.2 Å². The number of Topliss-reactive ketones (excluding diaryl/α,β-unsaturated/α-hetero) is 1. The molecule has 51 heavy (non-hydrogen) atoms. The Morgan fingerprint density at radius 3 is 2.47 bits per heavy atom. The lowest BCUT2D eigenvalue weighted by Crippen LogP contribution is -2.68. The number of nitrogens with one attached hydrogen (secondary N) is 1. The molecule has 1 aromatic carbocycles. The second kappa shape index (κ2) is 15.8. The number of carboxylic acids is 1. The highest BCUT2D eigenvalue weighted by Crippen LogP contribution is 2.40. The van der Waals surface area contributed by atoms with Crippen molar-refractivity contribution in [1.82, 2.24) is 15.4 Å². The summed E-state index contributed by atoms with van der Waals surface area (Å²) in [4.78, 5) is 47.4. The molecule has 1 amide bonds. The van der Waals surface area contributed by atoms with Gasteiger partial charge in [-0.15, -0.1) is 15.6 Å². The molecular weight excluding hydrogens is 707 g/mol. The number of thiazole rings is 1. The summed E-state index contributed by atoms with van der Waals surface area (Å²) in [6.07, 6.45) is 1.77. The van der Waals surface area contributed by atoms with Gasteiger partial charge in [0.05, 0.1) is 11.5 Å². The van der Waals surface area contributed by atoms with Crippen molar-refractivity contribution in [2.45, 2.75) is 51.3 Å². The van der Waals surface area contributed by atoms with E-state index in [2.05, 4.69) is 42.6 Å². The third kappa shape index (κ3) is 9.23. The summed E-state index contributed by atoms with van der Waals surface area (Å²) < 4.78 is 43.6. The second-order valence-electron chi connectivity index (χ2n) is 12.7. The van der Waals surface area contributed by atoms with Gasteiger partial charge in [-0.25, -0.2) is 14.3 Å². The number of aromatic nitrogens is 2. The van der Waals surface area contributed by atoms with Gasteiger partial charge in [0.25, 0.3) is 12.0 Å². The number of aryl methyl sites for hydroxylation is 1. The Balaban J connectivity index is 1.25. The number of carbonyl (C=O) groups is 3. The molecule has 19 heteroatoms. The number of hydroxylamine groups is 2. The number of oxime groups is 1. The van der Waals surface area contributed by atoms with Crippen molar-refractivity contribution in [2.75, 3.05) is 32.0 Å². The molecule has 0 bridgehead atoms. The smallest absolute Gasteiger partial charge is 0.418 e. The number of anilines is 1. The first-order chi connectivity index (χ1) is 24.2. The molecule has 2 aliphatic heterocycles. The van der Waals surface area contributed by atoms with Gasteiger partial charge < -0.3 is 31.5 Å². The molecule has 2 fully saturated rings. The molecule has 3 aromatic rings. The van der Waals surface area contributed by atoms with Crippen LogP contribution < -0.4 is 26.1 Å². The van der Waals surface area contributed by atoms with E-state index in [1.807, 2.05) is 12.1 Å². The van der Waals surface area contributed by atoms with Crippen molar-refractivity contribution in [3.63, 3.8) is 0 Å². The molecule has 5 rings (SSSR count). The average molecular weight is 747 g/mol. The minimum atomic E-state index is -4.99. The second-order valence-corrected chi connectivity index (χ2v) is 14.6. The Morgan fingerprint density at radius 2 is 1.90 bits per heavy atom. The summed E-state index contributed by atoms with van der Waals surface area (Å²) in [6, 6.07) is 11.3. The maximum absolute atomic E-state index is 13.4. The van der Waals surface area contributed by atoms with Crippen LogP contribution in [0.4, 0.5) is 5.13 Å². The Morgan fingerprint density at radius 1 is 1.20 bits per heavy atom. The van der Waals surface area contributed by atoms with Crippen molar-refractivity contribution in [2.24, 2.45) is 22.7 Å². The van der Waals surface area contributed by atoms with E-state index in [0.29, 0.717) is 23.3 Å². The molecule has 2 aliphatic rings. The number of hydrogen-bond acceptors (Lipinski definition) is 14. The third-order valence-electron chi connectivity index (χ3n) is 8.67. The highest BCUT2D eigenvalue weighted by atomic mass is 32.3. The van der Waals surface area contributed by atoms with Crippen LogP contribution in [0, 0.1) is 11.8 Å². The fourth-order valence-electron chi connectivity index (χ4n) is 5.65. The van der Waals surface area contributed by atoms with Crippen LogP contribution in [0.2, 0.25) is 0 Å². The zero-order valence-electron chi connectivity index (χ0n) is 27.9. The first-order valence-electron chi connectivity index (χ1n) is 16.0. The van der Waals surface area contributed by atoms with Crippen LogP contribution in [-0.4, -0.2) is 89.4 Å². The van der Waals surface area contributed by atoms with Crippen molar-refractivity contribution in [3.8, 4) is 16.9 Å². The number of amides is 1. The fraction of sp³-hybridized carbons (Fsp3) is 0.438. The number of β-lactam (4-membered cyclic amide) rings is 1. The van der Waals surface area contributed by atoms with Crippen LogP contribution in [0.3, 0.4) is 0 Å². The van der Waals surface area contributed by atoms with E-state index in [1.54, 1.807) is 12.1 Å². The van der Waals surface area contributed by atoms with Gasteiger partial charge in [0.2, 0.25) is 0 Å². The van der Waals surface area contributed by atoms with Gasteiger partial charge >= 0.3 is 16.4 Å². The van der Waals surface area contributed by atoms with Crippen molar-refractivity contribution in [3.05, 3.63) is 59.4 Å². The Kier molecular flexibility index (Phi) is 11.7. The Labute approximate surface area is 298 Å². The maximum atomic E-state index is 13.4. The lowest BCUT2D eigenvalue weighted by atomic mass is 9.74. The Bertz CT molecular complexity index is 1900. The highest BCUT2D eigenvalue weighted by molar-refractivity contribution is 7.80. The van der Waals surface area contributed by atoms with Crippen LogP contribution >= 0.6 is 11.3 Å². The number of nitrogen functional groups attached to an aromatic ring is 1. The third-order valence-corrected chi connectivity index (χ3v) is 9.69. The molecule has 0 radical (unpaired) electrons. The minimum Gasteiger partial charge on any atom is -0.489 e. The van der Waals surface area contributed by atoms with E-state index in [-0.39, 0.29) is 10.8 Å². The number of carboxylic acid groups (broad SMARTS) is 1. The number of aliphatic carboxylic acids is 1. The van der Waals surface area contributed by atoms with Crippen LogP contribution in [0.15, 0.2) is 53.1 Å². The standard InChI is InChI=1S/C32H39N7O10S2/c1-32(2)24(29(41)39(32)49-51(44,45)46)12-26(40)28(25-18-50-31(34)36-25)37-48-27(30(42)43)17-47-23-9-6-20(7-10-23)21-5-8-22(4-3-11-33)38(16-21)15-19-13-35-14-19/h5-10,16,18-19,24,27,35H,3-4,11-15,17,33H2,1-2H3,(H3-,34,36,42,43,44,45,46)/p+1/b37-28-/t24-,27+/m1/s1. The van der Waals surface area contributed by atoms with Gasteiger partial charge in [0.15, 0.2) is 35.1 Å². The number of carbonyl (C=O) groups excluding carboxylic acids is 2. The number of rotatable bonds is 18. The number of nitrogens with zero attached hydrogens (tertiary/aromatic N) is 4. The highest BCUT2D eigenvalue weighted by Gasteiger charge is 2.57. The summed E-state index contributed by atoms with van der Waals surface area (Å²) in [5.41, 5.74) is 12.9. The van der Waals surface area contributed by atoms with Crippen molar-refractivity contribution < 1.29 is 50.9 Å². The number of ketones is 1. The molecule has 274 valence electrons. The molecule has 7 N–H and O–H groups in total. The van der Waals surface area contributed by atoms with E-state index >= 15 is 0 Å². The summed E-state index contributed by atoms with van der Waals surface area (Å²) >= 11 is 0.993. The van der Waals surface area contributed by atoms with E-state index in [4.69, 9.17) is 25.6 Å². The summed E-state index contributed by atoms with van der Waals surface area (Å²) in [6.45, 7) is 5.89. The quantitative estimate of drug-likeness (QED) is 0.0400. The van der Waals surface area contributed by atoms with Crippen LogP contribution in [-0.2, 0) is 46.9 Å². The average Bonchev–Trinajstić information content (AvgIpc) is 3.49. The normalized spacial score (nSPS) is 18.1. The summed E-state index contributed by atoms with van der Waals surface area (Å²) in [5.74, 6) is -3.20. The Hall–Kier alpha value is -4.53. The van der Waals surface area contributed by atoms with Gasteiger partial charge in [0.1, 0.15) is 18.1 Å². The van der Waals surface area contributed by atoms with E-state index in [1.165, 1.54) is 24.9 Å². The lowest BCUT2D eigenvalue weighted by molar-refractivity contribution is -0.710. The van der Waals surface area contributed by atoms with Gasteiger partial charge in [-0.05, 0) is 50.6 Å². The molecular formula is C32H40N7O10S2+. The molecule has 2 saturated heterocycles. The number of ether oxygens (including phenoxy) is 1. The topological polar surface area (TPSA) is 250 Å². The maximum Gasteiger partial charge on any atom is 0.418 e. The van der Waals surface area contributed by atoms with Gasteiger partial charge in [-0.1, -0.05) is 17.3 Å². The number of hydrogen-bond donors (Lipinski definition) is 5. The van der Waals surface area contributed by atoms with Gasteiger partial charge in [-0.3, -0.25) is 14.1 Å². The zero-order valence-corrected chi connectivity index (χ0v) is 29.6. The summed E-state index contributed by atoms with van der Waals surface area (Å²) in [7, 11) is -4.99. The lowest BCUT2D eigenvalue weighted by Gasteiger charge is -2.50. The number of benzene rings is 1. The molecule has 0 aliphatic carbocycles. The van der Waals surface area contributed by atoms with Gasteiger partial charge in [-0.2, -0.15) is 13.5 Å². The molecule has 0 spiro atoms. The van der Waals surface area contributed by atoms with Crippen LogP contribution in [0.1, 0.15) is 38.1 Å². The molecule has 0 unspecified atom stereocenters. The first-order valence-corrected chi connectivity index (χ1v) is 18.3. The zero-order chi connectivity index (χ0) is 36.9. The van der Waals surface area contributed by atoms with Gasteiger partial charge in [0, 0.05) is 48.9 Å². The predicted octanol–water partition coefficient (Wildman–Crippen LogP) is 0.974. The monoisotopic (exact) mass is 746 g/mol. The largest absolute Gasteiger partial charge is 0.489 e. The van der Waals surface area contributed by atoms with E-state index in [9.17, 15) is 27.9 Å². The molecule has 2 aromatic heterocycles. The predicted molar refractivity (Wildman–Crippen MR) is 184 cm³/mol. The summed E-state index contributed by atoms with van der Waals surface area (Å²) in [5, 5.41) is 18.9. The number of pyridine rings is 1. The first kappa shape index (κ1) is 37.7. The molecule has 0 saturated carbocycles. The van der Waals surface area contributed by atoms with Crippen molar-refractivity contribution in [1.29, 1.82) is 0 Å². The minimum absolute atomic E-state index is 0.0168. The van der Waals surface area contributed by atoms with Crippen LogP contribution in [0.25, 0.3) is 11.1 Å². The van der Waals surface area contributed by atoms with Crippen LogP contribution in [0.5, 0.6) is 5.75 Å².